The molecular formula is C7H6IN5S. The molecule has 0 aliphatic carbocycles. The van der Waals surface area contributed by atoms with E-state index in [0.717, 1.165) is 14.3 Å². The Labute approximate surface area is 98.3 Å². The molecule has 0 bridgehead atoms. The van der Waals surface area contributed by atoms with Gasteiger partial charge in [0.05, 0.1) is 21.2 Å². The Morgan fingerprint density at radius 1 is 1.43 bits per heavy atom. The minimum Gasteiger partial charge on any atom is -0.364 e. The Morgan fingerprint density at radius 2 is 2.36 bits per heavy atom. The lowest BCUT2D eigenvalue weighted by Crippen LogP contribution is -2.01. The lowest BCUT2D eigenvalue weighted by molar-refractivity contribution is 1.07. The van der Waals surface area contributed by atoms with Gasteiger partial charge in [-0.1, -0.05) is 4.49 Å². The normalized spacial score (nSPS) is 10.1. The molecule has 0 aliphatic heterocycles. The molecule has 0 unspecified atom stereocenters. The van der Waals surface area contributed by atoms with Crippen LogP contribution in [-0.4, -0.2) is 19.6 Å². The van der Waals surface area contributed by atoms with E-state index >= 15 is 0 Å². The molecule has 0 saturated heterocycles. The number of hydrogen-bond acceptors (Lipinski definition) is 6. The minimum atomic E-state index is 0.699. The van der Waals surface area contributed by atoms with Gasteiger partial charge in [0.25, 0.3) is 0 Å². The van der Waals surface area contributed by atoms with Crippen LogP contribution in [0.3, 0.4) is 0 Å². The summed E-state index contributed by atoms with van der Waals surface area (Å²) in [5, 5.41) is 6.94. The van der Waals surface area contributed by atoms with Crippen molar-refractivity contribution in [1.29, 1.82) is 0 Å². The molecule has 2 heterocycles. The van der Waals surface area contributed by atoms with Gasteiger partial charge in [0.2, 0.25) is 0 Å². The molecule has 0 aromatic carbocycles. The van der Waals surface area contributed by atoms with Crippen LogP contribution in [0.4, 0.5) is 5.82 Å². The Morgan fingerprint density at radius 3 is 3.07 bits per heavy atom. The van der Waals surface area contributed by atoms with Crippen LogP contribution in [0.15, 0.2) is 18.7 Å². The number of nitrogens with one attached hydrogen (secondary N) is 1. The molecule has 2 rings (SSSR count). The molecule has 0 radical (unpaired) electrons. The van der Waals surface area contributed by atoms with Crippen molar-refractivity contribution in [3.05, 3.63) is 27.2 Å². The minimum absolute atomic E-state index is 0.699. The summed E-state index contributed by atoms with van der Waals surface area (Å²) >= 11 is 3.56. The standard InChI is InChI=1S/C7H6IN5S/c8-6-3-9-4-11-7(6)10-1-5-2-12-13-14-5/h2-4H,1H2,(H,9,10,11). The van der Waals surface area contributed by atoms with Crippen molar-refractivity contribution in [1.82, 2.24) is 19.6 Å². The predicted octanol–water partition coefficient (Wildman–Crippen LogP) is 1.54. The van der Waals surface area contributed by atoms with Crippen molar-refractivity contribution in [2.24, 2.45) is 0 Å². The van der Waals surface area contributed by atoms with Crippen LogP contribution in [0.1, 0.15) is 4.88 Å². The molecule has 14 heavy (non-hydrogen) atoms. The van der Waals surface area contributed by atoms with Crippen LogP contribution in [0.2, 0.25) is 0 Å². The first-order chi connectivity index (χ1) is 6.86. The second kappa shape index (κ2) is 4.60. The Balaban J connectivity index is 2.02. The first kappa shape index (κ1) is 9.71. The molecule has 7 heteroatoms. The van der Waals surface area contributed by atoms with E-state index in [1.165, 1.54) is 17.9 Å². The Hall–Kier alpha value is -0.830. The first-order valence-electron chi connectivity index (χ1n) is 3.82. The summed E-state index contributed by atoms with van der Waals surface area (Å²) in [5.74, 6) is 0.842. The highest BCUT2D eigenvalue weighted by molar-refractivity contribution is 14.1. The van der Waals surface area contributed by atoms with Crippen LogP contribution >= 0.6 is 34.1 Å². The second-order valence-electron chi connectivity index (χ2n) is 2.46. The van der Waals surface area contributed by atoms with E-state index in [4.69, 9.17) is 0 Å². The number of halogens is 1. The molecule has 0 saturated carbocycles. The molecular weight excluding hydrogens is 313 g/mol. The van der Waals surface area contributed by atoms with Crippen molar-refractivity contribution in [2.75, 3.05) is 5.32 Å². The zero-order valence-corrected chi connectivity index (χ0v) is 9.99. The van der Waals surface area contributed by atoms with Gasteiger partial charge in [-0.2, -0.15) is 0 Å². The Bertz CT molecular complexity index is 404. The fraction of sp³-hybridized carbons (Fsp3) is 0.143. The van der Waals surface area contributed by atoms with Gasteiger partial charge < -0.3 is 5.32 Å². The maximum atomic E-state index is 4.11. The first-order valence-corrected chi connectivity index (χ1v) is 5.67. The van der Waals surface area contributed by atoms with Gasteiger partial charge in [-0.25, -0.2) is 9.97 Å². The van der Waals surface area contributed by atoms with E-state index in [0.29, 0.717) is 6.54 Å². The zero-order valence-electron chi connectivity index (χ0n) is 7.01. The topological polar surface area (TPSA) is 63.6 Å². The van der Waals surface area contributed by atoms with Crippen LogP contribution < -0.4 is 5.32 Å². The van der Waals surface area contributed by atoms with E-state index in [-0.39, 0.29) is 0 Å². The van der Waals surface area contributed by atoms with Gasteiger partial charge in [-0.05, 0) is 34.1 Å². The van der Waals surface area contributed by atoms with Crippen molar-refractivity contribution in [3.8, 4) is 0 Å². The maximum Gasteiger partial charge on any atom is 0.143 e. The number of aromatic nitrogens is 4. The van der Waals surface area contributed by atoms with Crippen molar-refractivity contribution >= 4 is 39.9 Å². The number of nitrogens with zero attached hydrogens (tertiary/aromatic N) is 4. The van der Waals surface area contributed by atoms with Crippen molar-refractivity contribution in [3.63, 3.8) is 0 Å². The molecule has 72 valence electrons. The molecule has 0 amide bonds. The lowest BCUT2D eigenvalue weighted by Gasteiger charge is -2.03. The largest absolute Gasteiger partial charge is 0.364 e. The van der Waals surface area contributed by atoms with E-state index in [9.17, 15) is 0 Å². The fourth-order valence-electron chi connectivity index (χ4n) is 0.879. The molecule has 2 aromatic heterocycles. The van der Waals surface area contributed by atoms with Gasteiger partial charge in [0, 0.05) is 6.20 Å². The molecule has 0 aliphatic rings. The summed E-state index contributed by atoms with van der Waals surface area (Å²) in [6.45, 7) is 0.699. The van der Waals surface area contributed by atoms with Crippen molar-refractivity contribution in [2.45, 2.75) is 6.54 Å². The summed E-state index contributed by atoms with van der Waals surface area (Å²) in [4.78, 5) is 9.10. The maximum absolute atomic E-state index is 4.11. The highest BCUT2D eigenvalue weighted by Crippen LogP contribution is 2.14. The van der Waals surface area contributed by atoms with E-state index in [1.807, 2.05) is 0 Å². The monoisotopic (exact) mass is 319 g/mol. The quantitative estimate of drug-likeness (QED) is 0.870. The summed E-state index contributed by atoms with van der Waals surface area (Å²) in [6, 6.07) is 0. The van der Waals surface area contributed by atoms with E-state index in [1.54, 1.807) is 12.4 Å². The Kier molecular flexibility index (Phi) is 3.19. The molecule has 1 N–H and O–H groups in total. The smallest absolute Gasteiger partial charge is 0.143 e. The van der Waals surface area contributed by atoms with Crippen molar-refractivity contribution < 1.29 is 0 Å². The second-order valence-corrected chi connectivity index (χ2v) is 4.49. The third kappa shape index (κ3) is 2.35. The summed E-state index contributed by atoms with van der Waals surface area (Å²) in [7, 11) is 0. The van der Waals surface area contributed by atoms with Crippen LogP contribution in [0, 0.1) is 3.57 Å². The summed E-state index contributed by atoms with van der Waals surface area (Å²) in [5.41, 5.74) is 0. The summed E-state index contributed by atoms with van der Waals surface area (Å²) in [6.07, 6.45) is 5.03. The van der Waals surface area contributed by atoms with Crippen LogP contribution in [0.5, 0.6) is 0 Å². The van der Waals surface area contributed by atoms with Crippen LogP contribution in [-0.2, 0) is 6.54 Å². The number of rotatable bonds is 3. The number of hydrogen-bond donors (Lipinski definition) is 1. The lowest BCUT2D eigenvalue weighted by atomic mass is 10.5. The third-order valence-electron chi connectivity index (χ3n) is 1.50. The predicted molar refractivity (Wildman–Crippen MR) is 62.0 cm³/mol. The molecule has 2 aromatic rings. The average molecular weight is 319 g/mol. The highest BCUT2D eigenvalue weighted by Gasteiger charge is 2.01. The number of anilines is 1. The zero-order chi connectivity index (χ0) is 9.80. The van der Waals surface area contributed by atoms with Gasteiger partial charge in [0.15, 0.2) is 0 Å². The molecule has 0 spiro atoms. The van der Waals surface area contributed by atoms with Gasteiger partial charge in [-0.3, -0.25) is 0 Å². The molecule has 5 nitrogen and oxygen atoms in total. The van der Waals surface area contributed by atoms with E-state index in [2.05, 4.69) is 47.5 Å². The van der Waals surface area contributed by atoms with Gasteiger partial charge in [-0.15, -0.1) is 5.10 Å². The third-order valence-corrected chi connectivity index (χ3v) is 2.95. The molecule has 0 atom stereocenters. The highest BCUT2D eigenvalue weighted by atomic mass is 127. The van der Waals surface area contributed by atoms with Gasteiger partial charge in [0.1, 0.15) is 12.1 Å². The average Bonchev–Trinajstić information content (AvgIpc) is 2.69. The van der Waals surface area contributed by atoms with Gasteiger partial charge >= 0.3 is 0 Å². The molecule has 0 fully saturated rings. The summed E-state index contributed by atoms with van der Waals surface area (Å²) < 4.78 is 4.78. The fourth-order valence-corrected chi connectivity index (χ4v) is 1.80. The van der Waals surface area contributed by atoms with E-state index < -0.39 is 0 Å². The SMILES string of the molecule is Ic1cncnc1NCc1cnns1. The van der Waals surface area contributed by atoms with Crippen LogP contribution in [0.25, 0.3) is 0 Å².